The van der Waals surface area contributed by atoms with Crippen molar-refractivity contribution in [3.8, 4) is 5.75 Å². The van der Waals surface area contributed by atoms with Crippen LogP contribution in [-0.4, -0.2) is 24.1 Å². The van der Waals surface area contributed by atoms with Crippen LogP contribution < -0.4 is 10.1 Å². The summed E-state index contributed by atoms with van der Waals surface area (Å²) in [7, 11) is 0. The van der Waals surface area contributed by atoms with E-state index in [1.807, 2.05) is 13.8 Å². The van der Waals surface area contributed by atoms with Crippen molar-refractivity contribution in [3.63, 3.8) is 0 Å². The van der Waals surface area contributed by atoms with Crippen LogP contribution in [0.5, 0.6) is 5.75 Å². The predicted octanol–water partition coefficient (Wildman–Crippen LogP) is 4.70. The SMILES string of the molecule is CC[C@@H](C)OC(=O)[C@H](C)Oc1ccc(C(=O)Nc2ccc(Cl)cc2)cc1. The van der Waals surface area contributed by atoms with Crippen molar-refractivity contribution in [1.82, 2.24) is 0 Å². The quantitative estimate of drug-likeness (QED) is 0.712. The molecule has 5 nitrogen and oxygen atoms in total. The second kappa shape index (κ2) is 9.25. The molecular formula is C20H22ClNO4. The van der Waals surface area contributed by atoms with Gasteiger partial charge in [-0.15, -0.1) is 0 Å². The van der Waals surface area contributed by atoms with Gasteiger partial charge in [-0.05, 0) is 68.8 Å². The standard InChI is InChI=1S/C20H22ClNO4/c1-4-13(2)25-20(24)14(3)26-18-11-5-15(6-12-18)19(23)22-17-9-7-16(21)8-10-17/h5-14H,4H2,1-3H3,(H,22,23)/t13-,14+/m1/s1. The zero-order valence-electron chi connectivity index (χ0n) is 15.0. The molecule has 0 aliphatic rings. The number of ether oxygens (including phenoxy) is 2. The van der Waals surface area contributed by atoms with Gasteiger partial charge in [0.05, 0.1) is 6.10 Å². The van der Waals surface area contributed by atoms with Crippen molar-refractivity contribution >= 4 is 29.2 Å². The second-order valence-corrected chi connectivity index (χ2v) is 6.34. The second-order valence-electron chi connectivity index (χ2n) is 5.90. The number of amides is 1. The Kier molecular flexibility index (Phi) is 7.04. The molecule has 6 heteroatoms. The van der Waals surface area contributed by atoms with Gasteiger partial charge in [-0.25, -0.2) is 4.79 Å². The van der Waals surface area contributed by atoms with Crippen LogP contribution in [0.15, 0.2) is 48.5 Å². The molecule has 0 saturated carbocycles. The third-order valence-electron chi connectivity index (χ3n) is 3.76. The zero-order chi connectivity index (χ0) is 19.1. The Bertz CT molecular complexity index is 743. The molecule has 2 rings (SSSR count). The molecule has 26 heavy (non-hydrogen) atoms. The van der Waals surface area contributed by atoms with E-state index in [-0.39, 0.29) is 12.0 Å². The molecule has 2 aromatic carbocycles. The van der Waals surface area contributed by atoms with Crippen molar-refractivity contribution in [3.05, 3.63) is 59.1 Å². The molecule has 0 saturated heterocycles. The van der Waals surface area contributed by atoms with Gasteiger partial charge in [0.15, 0.2) is 6.10 Å². The van der Waals surface area contributed by atoms with Crippen LogP contribution in [0.1, 0.15) is 37.6 Å². The largest absolute Gasteiger partial charge is 0.479 e. The van der Waals surface area contributed by atoms with Gasteiger partial charge in [0.1, 0.15) is 5.75 Å². The molecule has 1 amide bonds. The van der Waals surface area contributed by atoms with Crippen molar-refractivity contribution < 1.29 is 19.1 Å². The average molecular weight is 376 g/mol. The maximum Gasteiger partial charge on any atom is 0.347 e. The maximum atomic E-state index is 12.2. The lowest BCUT2D eigenvalue weighted by atomic mass is 10.2. The van der Waals surface area contributed by atoms with Gasteiger partial charge >= 0.3 is 5.97 Å². The molecule has 0 unspecified atom stereocenters. The van der Waals surface area contributed by atoms with E-state index in [0.29, 0.717) is 22.0 Å². The van der Waals surface area contributed by atoms with Crippen molar-refractivity contribution in [2.45, 2.75) is 39.4 Å². The van der Waals surface area contributed by atoms with Crippen LogP contribution >= 0.6 is 11.6 Å². The number of carbonyl (C=O) groups is 2. The van der Waals surface area contributed by atoms with E-state index in [4.69, 9.17) is 21.1 Å². The fraction of sp³-hybridized carbons (Fsp3) is 0.300. The molecule has 0 fully saturated rings. The van der Waals surface area contributed by atoms with E-state index in [9.17, 15) is 9.59 Å². The lowest BCUT2D eigenvalue weighted by Crippen LogP contribution is -2.29. The molecule has 0 heterocycles. The molecule has 0 bridgehead atoms. The normalized spacial score (nSPS) is 12.8. The minimum Gasteiger partial charge on any atom is -0.479 e. The first kappa shape index (κ1) is 19.8. The minimum absolute atomic E-state index is 0.146. The fourth-order valence-corrected chi connectivity index (χ4v) is 2.18. The van der Waals surface area contributed by atoms with Crippen LogP contribution in [0.3, 0.4) is 0 Å². The summed E-state index contributed by atoms with van der Waals surface area (Å²) < 4.78 is 10.8. The highest BCUT2D eigenvalue weighted by Gasteiger charge is 2.18. The number of hydrogen-bond acceptors (Lipinski definition) is 4. The summed E-state index contributed by atoms with van der Waals surface area (Å²) in [5.74, 6) is -0.173. The van der Waals surface area contributed by atoms with Crippen LogP contribution in [0.4, 0.5) is 5.69 Å². The Labute approximate surface area is 158 Å². The van der Waals surface area contributed by atoms with Crippen molar-refractivity contribution in [2.75, 3.05) is 5.32 Å². The van der Waals surface area contributed by atoms with Crippen LogP contribution in [0, 0.1) is 0 Å². The highest BCUT2D eigenvalue weighted by atomic mass is 35.5. The Hall–Kier alpha value is -2.53. The number of esters is 1. The molecule has 0 aliphatic carbocycles. The average Bonchev–Trinajstić information content (AvgIpc) is 2.63. The van der Waals surface area contributed by atoms with E-state index >= 15 is 0 Å². The first-order valence-electron chi connectivity index (χ1n) is 8.43. The molecule has 2 aromatic rings. The summed E-state index contributed by atoms with van der Waals surface area (Å²) in [5, 5.41) is 3.38. The lowest BCUT2D eigenvalue weighted by Gasteiger charge is -2.17. The lowest BCUT2D eigenvalue weighted by molar-refractivity contribution is -0.155. The third-order valence-corrected chi connectivity index (χ3v) is 4.01. The highest BCUT2D eigenvalue weighted by Crippen LogP contribution is 2.17. The molecule has 0 spiro atoms. The molecule has 1 N–H and O–H groups in total. The van der Waals surface area contributed by atoms with E-state index in [0.717, 1.165) is 6.42 Å². The molecular weight excluding hydrogens is 354 g/mol. The first-order chi connectivity index (χ1) is 12.4. The maximum absolute atomic E-state index is 12.2. The van der Waals surface area contributed by atoms with Crippen molar-refractivity contribution in [1.29, 1.82) is 0 Å². The number of carbonyl (C=O) groups excluding carboxylic acids is 2. The van der Waals surface area contributed by atoms with E-state index in [1.54, 1.807) is 55.5 Å². The smallest absolute Gasteiger partial charge is 0.347 e. The number of benzene rings is 2. The van der Waals surface area contributed by atoms with E-state index < -0.39 is 12.1 Å². The molecule has 0 radical (unpaired) electrons. The van der Waals surface area contributed by atoms with Crippen LogP contribution in [0.25, 0.3) is 0 Å². The molecule has 0 aromatic heterocycles. The summed E-state index contributed by atoms with van der Waals surface area (Å²) in [6, 6.07) is 13.4. The summed E-state index contributed by atoms with van der Waals surface area (Å²) in [4.78, 5) is 24.1. The van der Waals surface area contributed by atoms with Gasteiger partial charge in [-0.2, -0.15) is 0 Å². The monoisotopic (exact) mass is 375 g/mol. The highest BCUT2D eigenvalue weighted by molar-refractivity contribution is 6.30. The number of nitrogens with one attached hydrogen (secondary N) is 1. The van der Waals surface area contributed by atoms with Crippen LogP contribution in [-0.2, 0) is 9.53 Å². The number of rotatable bonds is 7. The summed E-state index contributed by atoms with van der Waals surface area (Å²) >= 11 is 5.82. The number of halogens is 1. The van der Waals surface area contributed by atoms with Gasteiger partial charge < -0.3 is 14.8 Å². The predicted molar refractivity (Wildman–Crippen MR) is 102 cm³/mol. The van der Waals surface area contributed by atoms with Gasteiger partial charge in [0.2, 0.25) is 0 Å². The van der Waals surface area contributed by atoms with Gasteiger partial charge in [-0.1, -0.05) is 18.5 Å². The van der Waals surface area contributed by atoms with Gasteiger partial charge in [0, 0.05) is 16.3 Å². The molecule has 2 atom stereocenters. The summed E-state index contributed by atoms with van der Waals surface area (Å²) in [5.41, 5.74) is 1.13. The van der Waals surface area contributed by atoms with E-state index in [2.05, 4.69) is 5.32 Å². The minimum atomic E-state index is -0.724. The fourth-order valence-electron chi connectivity index (χ4n) is 2.05. The Morgan fingerprint density at radius 2 is 1.65 bits per heavy atom. The molecule has 0 aliphatic heterocycles. The number of hydrogen-bond donors (Lipinski definition) is 1. The van der Waals surface area contributed by atoms with Gasteiger partial charge in [-0.3, -0.25) is 4.79 Å². The summed E-state index contributed by atoms with van der Waals surface area (Å²) in [6.45, 7) is 5.40. The van der Waals surface area contributed by atoms with Crippen LogP contribution in [0.2, 0.25) is 5.02 Å². The third kappa shape index (κ3) is 5.77. The molecule has 138 valence electrons. The van der Waals surface area contributed by atoms with E-state index in [1.165, 1.54) is 0 Å². The van der Waals surface area contributed by atoms with Gasteiger partial charge in [0.25, 0.3) is 5.91 Å². The topological polar surface area (TPSA) is 64.6 Å². The Balaban J connectivity index is 1.93. The first-order valence-corrected chi connectivity index (χ1v) is 8.81. The van der Waals surface area contributed by atoms with Crippen molar-refractivity contribution in [2.24, 2.45) is 0 Å². The Morgan fingerprint density at radius 1 is 1.04 bits per heavy atom. The Morgan fingerprint density at radius 3 is 2.23 bits per heavy atom. The summed E-state index contributed by atoms with van der Waals surface area (Å²) in [6.07, 6.45) is -0.124. The zero-order valence-corrected chi connectivity index (χ0v) is 15.7. The number of anilines is 1.